The zero-order valence-electron chi connectivity index (χ0n) is 11.5. The van der Waals surface area contributed by atoms with Crippen molar-refractivity contribution in [2.75, 3.05) is 13.7 Å². The zero-order valence-corrected chi connectivity index (χ0v) is 11.5. The first-order valence-electron chi connectivity index (χ1n) is 6.22. The molecule has 1 aromatic rings. The summed E-state index contributed by atoms with van der Waals surface area (Å²) in [7, 11) is 1.45. The number of carbonyl (C=O) groups excluding carboxylic acids is 1. The van der Waals surface area contributed by atoms with E-state index in [1.165, 1.54) is 13.2 Å². The molecule has 0 fully saturated rings. The number of aliphatic carboxylic acids is 1. The maximum Gasteiger partial charge on any atom is 0.337 e. The van der Waals surface area contributed by atoms with Crippen LogP contribution in [0.4, 0.5) is 0 Å². The van der Waals surface area contributed by atoms with Crippen molar-refractivity contribution in [3.05, 3.63) is 29.3 Å². The van der Waals surface area contributed by atoms with Gasteiger partial charge in [0.2, 0.25) is 0 Å². The average Bonchev–Trinajstić information content (AvgIpc) is 2.44. The van der Waals surface area contributed by atoms with Gasteiger partial charge in [-0.25, -0.2) is 4.79 Å². The summed E-state index contributed by atoms with van der Waals surface area (Å²) < 4.78 is 9.82. The Balaban J connectivity index is 2.93. The van der Waals surface area contributed by atoms with Gasteiger partial charge in [-0.15, -0.1) is 0 Å². The molecule has 0 saturated carbocycles. The van der Waals surface area contributed by atoms with E-state index in [1.54, 1.807) is 19.1 Å². The van der Waals surface area contributed by atoms with Crippen molar-refractivity contribution in [1.82, 2.24) is 0 Å². The summed E-state index contributed by atoms with van der Waals surface area (Å²) in [4.78, 5) is 22.2. The molecule has 0 bridgehead atoms. The summed E-state index contributed by atoms with van der Waals surface area (Å²) in [6.07, 6.45) is -1.23. The number of aliphatic hydroxyl groups is 1. The standard InChI is InChI=1S/C14H18O6/c1-3-20-12(15)7-5-9-4-6-10(19-2)8-11(9)13(16)14(17)18/h4,6,8,13,16H,3,5,7H2,1-2H3,(H,17,18). The molecule has 20 heavy (non-hydrogen) atoms. The van der Waals surface area contributed by atoms with E-state index >= 15 is 0 Å². The molecule has 0 radical (unpaired) electrons. The molecule has 1 atom stereocenters. The van der Waals surface area contributed by atoms with Crippen LogP contribution < -0.4 is 4.74 Å². The molecular weight excluding hydrogens is 264 g/mol. The molecule has 0 aliphatic rings. The minimum absolute atomic E-state index is 0.125. The van der Waals surface area contributed by atoms with Crippen LogP contribution in [0.15, 0.2) is 18.2 Å². The number of aryl methyl sites for hydroxylation is 1. The van der Waals surface area contributed by atoms with Gasteiger partial charge in [0.15, 0.2) is 6.10 Å². The van der Waals surface area contributed by atoms with E-state index in [2.05, 4.69) is 0 Å². The highest BCUT2D eigenvalue weighted by atomic mass is 16.5. The number of benzene rings is 1. The maximum absolute atomic E-state index is 11.3. The van der Waals surface area contributed by atoms with Gasteiger partial charge in [-0.3, -0.25) is 4.79 Å². The van der Waals surface area contributed by atoms with Crippen molar-refractivity contribution in [3.8, 4) is 5.75 Å². The van der Waals surface area contributed by atoms with E-state index in [9.17, 15) is 14.7 Å². The van der Waals surface area contributed by atoms with Crippen LogP contribution >= 0.6 is 0 Å². The van der Waals surface area contributed by atoms with Crippen LogP contribution in [0.1, 0.15) is 30.6 Å². The molecule has 1 unspecified atom stereocenters. The molecule has 0 aliphatic carbocycles. The molecule has 1 aromatic carbocycles. The Morgan fingerprint density at radius 3 is 2.60 bits per heavy atom. The summed E-state index contributed by atoms with van der Waals surface area (Å²) in [5.74, 6) is -1.27. The largest absolute Gasteiger partial charge is 0.497 e. The van der Waals surface area contributed by atoms with Crippen molar-refractivity contribution in [1.29, 1.82) is 0 Å². The second-order valence-corrected chi connectivity index (χ2v) is 4.11. The van der Waals surface area contributed by atoms with E-state index in [4.69, 9.17) is 14.6 Å². The molecule has 0 heterocycles. The van der Waals surface area contributed by atoms with Crippen molar-refractivity contribution in [2.24, 2.45) is 0 Å². The number of rotatable bonds is 7. The lowest BCUT2D eigenvalue weighted by atomic mass is 9.98. The lowest BCUT2D eigenvalue weighted by Crippen LogP contribution is -2.14. The summed E-state index contributed by atoms with van der Waals surface area (Å²) in [5.41, 5.74) is 0.801. The van der Waals surface area contributed by atoms with Gasteiger partial charge in [0.05, 0.1) is 13.7 Å². The van der Waals surface area contributed by atoms with E-state index < -0.39 is 12.1 Å². The molecule has 0 spiro atoms. The third kappa shape index (κ3) is 4.24. The van der Waals surface area contributed by atoms with Crippen LogP contribution in [-0.4, -0.2) is 35.9 Å². The van der Waals surface area contributed by atoms with E-state index in [1.807, 2.05) is 0 Å². The molecule has 0 amide bonds. The van der Waals surface area contributed by atoms with Gasteiger partial charge in [0.1, 0.15) is 5.75 Å². The number of aliphatic hydroxyl groups excluding tert-OH is 1. The Morgan fingerprint density at radius 2 is 2.05 bits per heavy atom. The summed E-state index contributed by atoms with van der Waals surface area (Å²) in [6, 6.07) is 4.75. The van der Waals surface area contributed by atoms with Gasteiger partial charge in [-0.1, -0.05) is 6.07 Å². The minimum atomic E-state index is -1.65. The molecule has 110 valence electrons. The van der Waals surface area contributed by atoms with Gasteiger partial charge < -0.3 is 19.7 Å². The summed E-state index contributed by atoms with van der Waals surface area (Å²) in [5, 5.41) is 18.6. The Labute approximate surface area is 116 Å². The van der Waals surface area contributed by atoms with Crippen LogP contribution in [0, 0.1) is 0 Å². The van der Waals surface area contributed by atoms with Gasteiger partial charge >= 0.3 is 11.9 Å². The van der Waals surface area contributed by atoms with Crippen molar-refractivity contribution in [2.45, 2.75) is 25.9 Å². The molecule has 2 N–H and O–H groups in total. The SMILES string of the molecule is CCOC(=O)CCc1ccc(OC)cc1C(O)C(=O)O. The number of hydrogen-bond donors (Lipinski definition) is 2. The monoisotopic (exact) mass is 282 g/mol. The number of methoxy groups -OCH3 is 1. The molecule has 1 rings (SSSR count). The predicted octanol–water partition coefficient (Wildman–Crippen LogP) is 1.31. The molecule has 0 saturated heterocycles. The molecule has 6 heteroatoms. The zero-order chi connectivity index (χ0) is 15.1. The Kier molecular flexibility index (Phi) is 5.99. The third-order valence-corrected chi connectivity index (χ3v) is 2.79. The molecular formula is C14H18O6. The van der Waals surface area contributed by atoms with Crippen molar-refractivity contribution < 1.29 is 29.3 Å². The Morgan fingerprint density at radius 1 is 1.35 bits per heavy atom. The Bertz CT molecular complexity index is 483. The van der Waals surface area contributed by atoms with E-state index in [0.717, 1.165) is 0 Å². The number of carboxylic acids is 1. The van der Waals surface area contributed by atoms with Crippen molar-refractivity contribution in [3.63, 3.8) is 0 Å². The van der Waals surface area contributed by atoms with Crippen LogP contribution in [0.3, 0.4) is 0 Å². The third-order valence-electron chi connectivity index (χ3n) is 2.79. The summed E-state index contributed by atoms with van der Waals surface area (Å²) >= 11 is 0. The summed E-state index contributed by atoms with van der Waals surface area (Å²) in [6.45, 7) is 2.01. The van der Waals surface area contributed by atoms with Crippen LogP contribution in [0.2, 0.25) is 0 Å². The smallest absolute Gasteiger partial charge is 0.337 e. The van der Waals surface area contributed by atoms with Gasteiger partial charge in [0.25, 0.3) is 0 Å². The predicted molar refractivity (Wildman–Crippen MR) is 70.5 cm³/mol. The molecule has 0 aromatic heterocycles. The second kappa shape index (κ2) is 7.49. The quantitative estimate of drug-likeness (QED) is 0.732. The lowest BCUT2D eigenvalue weighted by molar-refractivity contribution is -0.147. The van der Waals surface area contributed by atoms with Gasteiger partial charge in [-0.2, -0.15) is 0 Å². The van der Waals surface area contributed by atoms with Crippen molar-refractivity contribution >= 4 is 11.9 Å². The average molecular weight is 282 g/mol. The molecule has 0 aliphatic heterocycles. The maximum atomic E-state index is 11.3. The Hall–Kier alpha value is -2.08. The van der Waals surface area contributed by atoms with Gasteiger partial charge in [-0.05, 0) is 36.6 Å². The lowest BCUT2D eigenvalue weighted by Gasteiger charge is -2.13. The molecule has 6 nitrogen and oxygen atoms in total. The topological polar surface area (TPSA) is 93.1 Å². The highest BCUT2D eigenvalue weighted by Crippen LogP contribution is 2.25. The van der Waals surface area contributed by atoms with Crippen LogP contribution in [0.25, 0.3) is 0 Å². The normalized spacial score (nSPS) is 11.8. The highest BCUT2D eigenvalue weighted by Gasteiger charge is 2.20. The highest BCUT2D eigenvalue weighted by molar-refractivity contribution is 5.75. The van der Waals surface area contributed by atoms with E-state index in [0.29, 0.717) is 24.3 Å². The van der Waals surface area contributed by atoms with Gasteiger partial charge in [0, 0.05) is 6.42 Å². The fourth-order valence-electron chi connectivity index (χ4n) is 1.79. The fraction of sp³-hybridized carbons (Fsp3) is 0.429. The minimum Gasteiger partial charge on any atom is -0.497 e. The first kappa shape index (κ1) is 16.0. The first-order chi connectivity index (χ1) is 9.49. The fourth-order valence-corrected chi connectivity index (χ4v) is 1.79. The number of ether oxygens (including phenoxy) is 2. The first-order valence-corrected chi connectivity index (χ1v) is 6.22. The second-order valence-electron chi connectivity index (χ2n) is 4.11. The number of carbonyl (C=O) groups is 2. The number of hydrogen-bond acceptors (Lipinski definition) is 5. The van der Waals surface area contributed by atoms with E-state index in [-0.39, 0.29) is 18.0 Å². The van der Waals surface area contributed by atoms with Crippen LogP contribution in [-0.2, 0) is 20.7 Å². The number of carboxylic acid groups (broad SMARTS) is 1. The van der Waals surface area contributed by atoms with Crippen LogP contribution in [0.5, 0.6) is 5.75 Å². The number of esters is 1.